The minimum atomic E-state index is -0.336. The number of carbonyl (C=O) groups excluding carboxylic acids is 1. The van der Waals surface area contributed by atoms with E-state index in [1.165, 1.54) is 0 Å². The van der Waals surface area contributed by atoms with Gasteiger partial charge in [-0.1, -0.05) is 36.4 Å². The fourth-order valence-electron chi connectivity index (χ4n) is 2.24. The highest BCUT2D eigenvalue weighted by atomic mass is 16.2. The van der Waals surface area contributed by atoms with E-state index in [9.17, 15) is 4.79 Å². The molecule has 0 fully saturated rings. The van der Waals surface area contributed by atoms with Gasteiger partial charge in [0, 0.05) is 5.39 Å². The zero-order chi connectivity index (χ0) is 14.2. The lowest BCUT2D eigenvalue weighted by Crippen LogP contribution is -2.16. The average molecular weight is 274 g/mol. The molecule has 0 amide bonds. The summed E-state index contributed by atoms with van der Waals surface area (Å²) >= 11 is 0. The van der Waals surface area contributed by atoms with Crippen LogP contribution in [0.2, 0.25) is 0 Å². The monoisotopic (exact) mass is 274 g/mol. The number of aromatic nitrogens is 4. The number of rotatable bonds is 1. The van der Waals surface area contributed by atoms with E-state index in [4.69, 9.17) is 0 Å². The number of hydrogen-bond acceptors (Lipinski definition) is 4. The summed E-state index contributed by atoms with van der Waals surface area (Å²) in [6, 6.07) is 18.6. The molecule has 5 nitrogen and oxygen atoms in total. The Balaban J connectivity index is 1.81. The molecule has 0 aliphatic heterocycles. The molecule has 0 aliphatic rings. The molecule has 0 saturated heterocycles. The van der Waals surface area contributed by atoms with E-state index in [1.54, 1.807) is 6.07 Å². The third kappa shape index (κ3) is 1.95. The van der Waals surface area contributed by atoms with E-state index in [1.807, 2.05) is 54.6 Å². The maximum absolute atomic E-state index is 12.4. The van der Waals surface area contributed by atoms with Crippen LogP contribution in [-0.2, 0) is 0 Å². The molecule has 2 heterocycles. The van der Waals surface area contributed by atoms with Gasteiger partial charge in [0.15, 0.2) is 0 Å². The van der Waals surface area contributed by atoms with Crippen LogP contribution in [0.4, 0.5) is 0 Å². The van der Waals surface area contributed by atoms with Crippen molar-refractivity contribution in [1.29, 1.82) is 0 Å². The number of hydrogen-bond donors (Lipinski definition) is 0. The van der Waals surface area contributed by atoms with Gasteiger partial charge in [0.1, 0.15) is 16.7 Å². The van der Waals surface area contributed by atoms with E-state index < -0.39 is 0 Å². The van der Waals surface area contributed by atoms with Gasteiger partial charge in [-0.2, -0.15) is 0 Å². The first-order valence-corrected chi connectivity index (χ1v) is 6.54. The number of para-hydroxylation sites is 1. The van der Waals surface area contributed by atoms with Crippen LogP contribution in [0.5, 0.6) is 0 Å². The maximum Gasteiger partial charge on any atom is 0.313 e. The predicted octanol–water partition coefficient (Wildman–Crippen LogP) is 2.67. The quantitative estimate of drug-likeness (QED) is 0.535. The number of carbonyl (C=O) groups is 1. The Morgan fingerprint density at radius 1 is 0.762 bits per heavy atom. The molecule has 0 N–H and O–H groups in total. The molecule has 2 aromatic carbocycles. The summed E-state index contributed by atoms with van der Waals surface area (Å²) in [4.78, 5) is 17.9. The third-order valence-electron chi connectivity index (χ3n) is 3.29. The summed E-state index contributed by atoms with van der Waals surface area (Å²) in [5, 5.41) is 9.36. The smallest absolute Gasteiger partial charge is 0.263 e. The molecule has 0 aliphatic carbocycles. The molecule has 0 bridgehead atoms. The lowest BCUT2D eigenvalue weighted by atomic mass is 10.2. The highest BCUT2D eigenvalue weighted by Gasteiger charge is 2.14. The Morgan fingerprint density at radius 3 is 2.10 bits per heavy atom. The number of fused-ring (bicyclic) bond motifs is 2. The van der Waals surface area contributed by atoms with Crippen molar-refractivity contribution in [3.63, 3.8) is 0 Å². The minimum absolute atomic E-state index is 0.328. The van der Waals surface area contributed by atoms with Crippen molar-refractivity contribution in [2.24, 2.45) is 0 Å². The Labute approximate surface area is 119 Å². The molecule has 5 heteroatoms. The van der Waals surface area contributed by atoms with Gasteiger partial charge < -0.3 is 0 Å². The first-order valence-electron chi connectivity index (χ1n) is 6.54. The van der Waals surface area contributed by atoms with Crippen molar-refractivity contribution in [3.8, 4) is 0 Å². The van der Waals surface area contributed by atoms with Crippen LogP contribution in [0.1, 0.15) is 10.5 Å². The van der Waals surface area contributed by atoms with E-state index >= 15 is 0 Å². The number of nitrogens with zero attached hydrogens (tertiary/aromatic N) is 4. The molecule has 0 saturated carbocycles. The van der Waals surface area contributed by atoms with E-state index in [0.29, 0.717) is 16.7 Å². The Kier molecular flexibility index (Phi) is 2.50. The highest BCUT2D eigenvalue weighted by molar-refractivity contribution is 5.96. The van der Waals surface area contributed by atoms with E-state index in [-0.39, 0.29) is 5.91 Å². The molecule has 0 atom stereocenters. The fraction of sp³-hybridized carbons (Fsp3) is 0. The van der Waals surface area contributed by atoms with Gasteiger partial charge in [0.05, 0.1) is 5.52 Å². The summed E-state index contributed by atoms with van der Waals surface area (Å²) in [6.45, 7) is 0. The van der Waals surface area contributed by atoms with Gasteiger partial charge >= 0.3 is 5.91 Å². The van der Waals surface area contributed by atoms with Crippen molar-refractivity contribution < 1.29 is 4.79 Å². The van der Waals surface area contributed by atoms with Crippen molar-refractivity contribution in [2.45, 2.75) is 0 Å². The molecule has 0 spiro atoms. The summed E-state index contributed by atoms with van der Waals surface area (Å²) in [6.07, 6.45) is 0. The minimum Gasteiger partial charge on any atom is -0.263 e. The second-order valence-electron chi connectivity index (χ2n) is 4.67. The first kappa shape index (κ1) is 11.7. The molecule has 0 unspecified atom stereocenters. The van der Waals surface area contributed by atoms with Crippen LogP contribution in [0, 0.1) is 0 Å². The summed E-state index contributed by atoms with van der Waals surface area (Å²) in [5.41, 5.74) is 2.48. The van der Waals surface area contributed by atoms with Crippen molar-refractivity contribution in [1.82, 2.24) is 20.0 Å². The van der Waals surface area contributed by atoms with Crippen LogP contribution < -0.4 is 0 Å². The lowest BCUT2D eigenvalue weighted by Gasteiger charge is -2.00. The summed E-state index contributed by atoms with van der Waals surface area (Å²) in [5.74, 6) is -0.336. The average Bonchev–Trinajstić information content (AvgIpc) is 2.97. The molecule has 4 aromatic rings. The SMILES string of the molecule is O=C(c1ccc2ccccc2n1)n1nc2ccccc2n1. The van der Waals surface area contributed by atoms with Gasteiger partial charge in [-0.15, -0.1) is 15.0 Å². The van der Waals surface area contributed by atoms with Crippen LogP contribution >= 0.6 is 0 Å². The van der Waals surface area contributed by atoms with E-state index in [2.05, 4.69) is 15.2 Å². The molecule has 0 radical (unpaired) electrons. The topological polar surface area (TPSA) is 60.7 Å². The summed E-state index contributed by atoms with van der Waals surface area (Å²) in [7, 11) is 0. The van der Waals surface area contributed by atoms with Crippen molar-refractivity contribution >= 4 is 27.8 Å². The molecule has 2 aromatic heterocycles. The van der Waals surface area contributed by atoms with Crippen molar-refractivity contribution in [2.75, 3.05) is 0 Å². The fourth-order valence-corrected chi connectivity index (χ4v) is 2.24. The van der Waals surface area contributed by atoms with Gasteiger partial charge in [-0.25, -0.2) is 4.98 Å². The van der Waals surface area contributed by atoms with Gasteiger partial charge in [0.25, 0.3) is 0 Å². The maximum atomic E-state index is 12.4. The van der Waals surface area contributed by atoms with Crippen LogP contribution in [0.15, 0.2) is 60.7 Å². The third-order valence-corrected chi connectivity index (χ3v) is 3.29. The zero-order valence-electron chi connectivity index (χ0n) is 11.0. The molecular weight excluding hydrogens is 264 g/mol. The van der Waals surface area contributed by atoms with Gasteiger partial charge in [-0.3, -0.25) is 4.79 Å². The van der Waals surface area contributed by atoms with Gasteiger partial charge in [0.2, 0.25) is 0 Å². The molecule has 4 rings (SSSR count). The second-order valence-corrected chi connectivity index (χ2v) is 4.67. The lowest BCUT2D eigenvalue weighted by molar-refractivity contribution is 0.0924. The van der Waals surface area contributed by atoms with Crippen LogP contribution in [0.25, 0.3) is 21.9 Å². The van der Waals surface area contributed by atoms with Gasteiger partial charge in [-0.05, 0) is 24.3 Å². The number of pyridine rings is 1. The zero-order valence-corrected chi connectivity index (χ0v) is 11.0. The molecule has 100 valence electrons. The predicted molar refractivity (Wildman–Crippen MR) is 79.0 cm³/mol. The van der Waals surface area contributed by atoms with E-state index in [0.717, 1.165) is 15.7 Å². The Morgan fingerprint density at radius 2 is 1.38 bits per heavy atom. The van der Waals surface area contributed by atoms with Crippen LogP contribution in [0.3, 0.4) is 0 Å². The largest absolute Gasteiger partial charge is 0.313 e. The highest BCUT2D eigenvalue weighted by Crippen LogP contribution is 2.13. The number of benzene rings is 2. The normalized spacial score (nSPS) is 11.0. The van der Waals surface area contributed by atoms with Crippen molar-refractivity contribution in [3.05, 3.63) is 66.4 Å². The summed E-state index contributed by atoms with van der Waals surface area (Å²) < 4.78 is 0. The molecular formula is C16H10N4O. The first-order chi connectivity index (χ1) is 10.3. The Bertz CT molecular complexity index is 941. The second kappa shape index (κ2) is 4.49. The molecule has 21 heavy (non-hydrogen) atoms. The Hall–Kier alpha value is -3.08. The van der Waals surface area contributed by atoms with Crippen LogP contribution in [-0.4, -0.2) is 25.9 Å². The standard InChI is InChI=1S/C16H10N4O/c21-16(20-18-13-7-3-4-8-14(13)19-20)15-10-9-11-5-1-2-6-12(11)17-15/h1-10H.